The molecule has 0 bridgehead atoms. The van der Waals surface area contributed by atoms with Crippen molar-refractivity contribution in [1.29, 1.82) is 0 Å². The van der Waals surface area contributed by atoms with Crippen molar-refractivity contribution in [3.05, 3.63) is 35.9 Å². The van der Waals surface area contributed by atoms with Crippen LogP contribution >= 0.6 is 0 Å². The minimum absolute atomic E-state index is 0.403. The van der Waals surface area contributed by atoms with E-state index in [1.54, 1.807) is 30.3 Å². The summed E-state index contributed by atoms with van der Waals surface area (Å²) in [7, 11) is 8.50. The summed E-state index contributed by atoms with van der Waals surface area (Å²) in [6.07, 6.45) is -1.41. The first-order valence-corrected chi connectivity index (χ1v) is 4.96. The molecular weight excluding hydrogens is 206 g/mol. The maximum Gasteiger partial charge on any atom is 0.337 e. The lowest BCUT2D eigenvalue weighted by atomic mass is 10.1. The highest BCUT2D eigenvalue weighted by atomic mass is 16.4. The van der Waals surface area contributed by atoms with Crippen molar-refractivity contribution in [2.75, 3.05) is 28.2 Å². The summed E-state index contributed by atoms with van der Waals surface area (Å²) in [6.45, 7) is 0. The zero-order valence-electron chi connectivity index (χ0n) is 10.2. The number of hydrogen-bond donors (Lipinski definition) is 2. The van der Waals surface area contributed by atoms with Gasteiger partial charge in [0.1, 0.15) is 0 Å². The summed E-state index contributed by atoms with van der Waals surface area (Å²) in [5, 5.41) is 17.4. The number of aliphatic hydroxyl groups is 1. The summed E-state index contributed by atoms with van der Waals surface area (Å²) in [5.74, 6) is -1.23. The molecule has 0 aliphatic rings. The normalized spacial score (nSPS) is 12.3. The summed E-state index contributed by atoms with van der Waals surface area (Å²) < 4.78 is 1.00. The maximum absolute atomic E-state index is 10.2. The Labute approximate surface area is 96.3 Å². The average molecular weight is 226 g/mol. The highest BCUT2D eigenvalue weighted by Crippen LogP contribution is 2.10. The number of hydrogen-bond acceptors (Lipinski definition) is 2. The number of carbonyl (C=O) groups is 1. The molecule has 0 unspecified atom stereocenters. The van der Waals surface area contributed by atoms with Crippen LogP contribution in [0.25, 0.3) is 0 Å². The molecule has 1 rings (SSSR count). The summed E-state index contributed by atoms with van der Waals surface area (Å²) in [6, 6.07) is 8.26. The molecule has 16 heavy (non-hydrogen) atoms. The van der Waals surface area contributed by atoms with Crippen molar-refractivity contribution in [2.45, 2.75) is 6.10 Å². The second kappa shape index (κ2) is 6.25. The number of rotatable bonds is 2. The Bertz CT molecular complexity index is 311. The molecule has 0 spiro atoms. The van der Waals surface area contributed by atoms with Gasteiger partial charge in [0.2, 0.25) is 0 Å². The van der Waals surface area contributed by atoms with Gasteiger partial charge in [-0.25, -0.2) is 4.79 Å². The fourth-order valence-electron chi connectivity index (χ4n) is 0.778. The first-order chi connectivity index (χ1) is 7.22. The largest absolute Gasteiger partial charge is 0.479 e. The molecule has 4 nitrogen and oxygen atoms in total. The zero-order valence-corrected chi connectivity index (χ0v) is 10.2. The van der Waals surface area contributed by atoms with E-state index < -0.39 is 12.1 Å². The van der Waals surface area contributed by atoms with Gasteiger partial charge < -0.3 is 14.7 Å². The van der Waals surface area contributed by atoms with E-state index in [0.717, 1.165) is 4.48 Å². The molecule has 0 saturated carbocycles. The van der Waals surface area contributed by atoms with E-state index in [-0.39, 0.29) is 0 Å². The van der Waals surface area contributed by atoms with Crippen LogP contribution in [0.3, 0.4) is 0 Å². The van der Waals surface area contributed by atoms with Crippen LogP contribution in [0, 0.1) is 0 Å². The lowest BCUT2D eigenvalue weighted by Gasteiger charge is -2.14. The molecule has 90 valence electrons. The van der Waals surface area contributed by atoms with Crippen molar-refractivity contribution in [1.82, 2.24) is 0 Å². The van der Waals surface area contributed by atoms with Crippen molar-refractivity contribution >= 4 is 5.97 Å². The second-order valence-corrected chi connectivity index (χ2v) is 4.83. The molecule has 2 N–H and O–H groups in total. The van der Waals surface area contributed by atoms with Crippen LogP contribution in [0.5, 0.6) is 0 Å². The highest BCUT2D eigenvalue weighted by Gasteiger charge is 2.14. The molecule has 0 aromatic heterocycles. The number of nitrogens with zero attached hydrogens (tertiary/aromatic N) is 1. The predicted molar refractivity (Wildman–Crippen MR) is 63.0 cm³/mol. The molecule has 0 heterocycles. The third kappa shape index (κ3) is 7.96. The van der Waals surface area contributed by atoms with E-state index in [1.165, 1.54) is 0 Å². The second-order valence-electron chi connectivity index (χ2n) is 4.83. The Morgan fingerprint density at radius 3 is 1.81 bits per heavy atom. The van der Waals surface area contributed by atoms with Gasteiger partial charge in [-0.1, -0.05) is 30.3 Å². The van der Waals surface area contributed by atoms with Crippen LogP contribution in [0.15, 0.2) is 30.3 Å². The summed E-state index contributed by atoms with van der Waals surface area (Å²) in [4.78, 5) is 10.2. The lowest BCUT2D eigenvalue weighted by molar-refractivity contribution is -0.849. The predicted octanol–water partition coefficient (Wildman–Crippen LogP) is 1.13. The molecule has 0 fully saturated rings. The SMILES string of the molecule is C[N+](C)(C)C.O=C(O)[C@H](O)c1ccccc1. The Morgan fingerprint density at radius 2 is 1.50 bits per heavy atom. The fraction of sp³-hybridized carbons (Fsp3) is 0.417. The van der Waals surface area contributed by atoms with Crippen molar-refractivity contribution < 1.29 is 19.5 Å². The Kier molecular flexibility index (Phi) is 5.71. The molecule has 1 aromatic carbocycles. The van der Waals surface area contributed by atoms with E-state index in [4.69, 9.17) is 10.2 Å². The summed E-state index contributed by atoms with van der Waals surface area (Å²) >= 11 is 0. The Morgan fingerprint density at radius 1 is 1.12 bits per heavy atom. The van der Waals surface area contributed by atoms with Crippen molar-refractivity contribution in [2.24, 2.45) is 0 Å². The number of carboxylic acid groups (broad SMARTS) is 1. The van der Waals surface area contributed by atoms with Crippen LogP contribution in [0.2, 0.25) is 0 Å². The molecule has 0 aliphatic heterocycles. The Hall–Kier alpha value is -1.39. The van der Waals surface area contributed by atoms with Crippen LogP contribution < -0.4 is 0 Å². The standard InChI is InChI=1S/C8H8O3.C4H12N/c9-7(8(10)11)6-4-2-1-3-5-6;1-5(2,3)4/h1-5,7,9H,(H,10,11);1-4H3/q;+1/t7-;/m1./s1. The first kappa shape index (κ1) is 14.6. The zero-order chi connectivity index (χ0) is 12.8. The van der Waals surface area contributed by atoms with Crippen LogP contribution in [-0.2, 0) is 4.79 Å². The van der Waals surface area contributed by atoms with Gasteiger partial charge in [-0.15, -0.1) is 0 Å². The molecule has 1 aromatic rings. The molecule has 0 aliphatic carbocycles. The minimum atomic E-state index is -1.41. The third-order valence-electron chi connectivity index (χ3n) is 1.35. The average Bonchev–Trinajstić information content (AvgIpc) is 2.15. The van der Waals surface area contributed by atoms with E-state index >= 15 is 0 Å². The fourth-order valence-corrected chi connectivity index (χ4v) is 0.778. The molecule has 4 heteroatoms. The maximum atomic E-state index is 10.2. The van der Waals surface area contributed by atoms with Gasteiger partial charge in [0.15, 0.2) is 6.10 Å². The number of aliphatic hydroxyl groups excluding tert-OH is 1. The molecule has 0 radical (unpaired) electrons. The topological polar surface area (TPSA) is 57.5 Å². The first-order valence-electron chi connectivity index (χ1n) is 4.96. The highest BCUT2D eigenvalue weighted by molar-refractivity contribution is 5.73. The van der Waals surface area contributed by atoms with Crippen LogP contribution in [-0.4, -0.2) is 48.9 Å². The van der Waals surface area contributed by atoms with Gasteiger partial charge in [-0.3, -0.25) is 0 Å². The van der Waals surface area contributed by atoms with Crippen molar-refractivity contribution in [3.8, 4) is 0 Å². The molecule has 1 atom stereocenters. The van der Waals surface area contributed by atoms with E-state index in [9.17, 15) is 4.79 Å². The van der Waals surface area contributed by atoms with E-state index in [2.05, 4.69) is 28.2 Å². The minimum Gasteiger partial charge on any atom is -0.479 e. The van der Waals surface area contributed by atoms with E-state index in [0.29, 0.717) is 5.56 Å². The van der Waals surface area contributed by atoms with Gasteiger partial charge in [0.05, 0.1) is 28.2 Å². The van der Waals surface area contributed by atoms with E-state index in [1.807, 2.05) is 0 Å². The quantitative estimate of drug-likeness (QED) is 0.743. The van der Waals surface area contributed by atoms with Crippen molar-refractivity contribution in [3.63, 3.8) is 0 Å². The number of quaternary nitrogens is 1. The monoisotopic (exact) mass is 226 g/mol. The van der Waals surface area contributed by atoms with Gasteiger partial charge in [-0.2, -0.15) is 0 Å². The molecule has 0 saturated heterocycles. The van der Waals surface area contributed by atoms with Gasteiger partial charge >= 0.3 is 5.97 Å². The number of aliphatic carboxylic acids is 1. The smallest absolute Gasteiger partial charge is 0.337 e. The molecule has 0 amide bonds. The number of benzene rings is 1. The number of carboxylic acids is 1. The Balaban J connectivity index is 0.000000385. The summed E-state index contributed by atoms with van der Waals surface area (Å²) in [5.41, 5.74) is 0.403. The van der Waals surface area contributed by atoms with Gasteiger partial charge in [0.25, 0.3) is 0 Å². The third-order valence-corrected chi connectivity index (χ3v) is 1.35. The lowest BCUT2D eigenvalue weighted by Crippen LogP contribution is -2.27. The van der Waals surface area contributed by atoms with Gasteiger partial charge in [-0.05, 0) is 5.56 Å². The van der Waals surface area contributed by atoms with Crippen LogP contribution in [0.1, 0.15) is 11.7 Å². The van der Waals surface area contributed by atoms with Crippen LogP contribution in [0.4, 0.5) is 0 Å². The van der Waals surface area contributed by atoms with Gasteiger partial charge in [0, 0.05) is 0 Å². The molecular formula is C12H20NO3+.